The molecule has 0 radical (unpaired) electrons. The molecule has 3 heteroatoms. The minimum Gasteiger partial charge on any atom is -0.369 e. The molecule has 0 spiro atoms. The quantitative estimate of drug-likeness (QED) is 0.434. The minimum absolute atomic E-state index is 0.0696. The normalized spacial score (nSPS) is 12.9. The van der Waals surface area contributed by atoms with Crippen molar-refractivity contribution >= 4 is 11.7 Å². The van der Waals surface area contributed by atoms with Gasteiger partial charge >= 0.3 is 0 Å². The van der Waals surface area contributed by atoms with Crippen molar-refractivity contribution in [1.29, 1.82) is 0 Å². The second-order valence-corrected chi connectivity index (χ2v) is 6.16. The largest absolute Gasteiger partial charge is 0.369 e. The van der Waals surface area contributed by atoms with E-state index < -0.39 is 11.3 Å². The van der Waals surface area contributed by atoms with Crippen LogP contribution in [0.5, 0.6) is 0 Å². The van der Waals surface area contributed by atoms with E-state index in [1.165, 1.54) is 38.2 Å². The first-order valence-corrected chi connectivity index (χ1v) is 7.84. The number of amides is 1. The smallest absolute Gasteiger partial charge is 0.223 e. The maximum atomic E-state index is 11.9. The molecule has 0 saturated heterocycles. The predicted molar refractivity (Wildman–Crippen MR) is 84.3 cm³/mol. The summed E-state index contributed by atoms with van der Waals surface area (Å²) in [6, 6.07) is 0. The molecule has 0 bridgehead atoms. The third-order valence-electron chi connectivity index (χ3n) is 4.15. The first-order chi connectivity index (χ1) is 9.37. The highest BCUT2D eigenvalue weighted by molar-refractivity contribution is 5.96. The highest BCUT2D eigenvalue weighted by atomic mass is 16.1. The maximum Gasteiger partial charge on any atom is 0.223 e. The molecule has 3 nitrogen and oxygen atoms in total. The minimum atomic E-state index is -0.798. The summed E-state index contributed by atoms with van der Waals surface area (Å²) >= 11 is 0. The Bertz CT molecular complexity index is 321. The van der Waals surface area contributed by atoms with Gasteiger partial charge in [-0.05, 0) is 12.5 Å². The van der Waals surface area contributed by atoms with Crippen LogP contribution in [0, 0.1) is 11.3 Å². The maximum absolute atomic E-state index is 11.9. The molecule has 1 atom stereocenters. The van der Waals surface area contributed by atoms with Crippen LogP contribution >= 0.6 is 0 Å². The lowest BCUT2D eigenvalue weighted by Gasteiger charge is -2.29. The Morgan fingerprint density at radius 1 is 1.10 bits per heavy atom. The first kappa shape index (κ1) is 18.9. The average Bonchev–Trinajstić information content (AvgIpc) is 2.40. The van der Waals surface area contributed by atoms with Crippen molar-refractivity contribution in [2.24, 2.45) is 17.1 Å². The molecular weight excluding hydrogens is 250 g/mol. The van der Waals surface area contributed by atoms with Crippen LogP contribution < -0.4 is 5.73 Å². The standard InChI is InChI=1S/C17H31NO2/c1-5-7-8-9-10-11-12-13-14(15(19)6-2)17(3,4)16(18)20/h6,14H,2,5,7-13H2,1,3-4H3,(H2,18,20). The Balaban J connectivity index is 4.23. The summed E-state index contributed by atoms with van der Waals surface area (Å²) in [4.78, 5) is 23.5. The zero-order valence-electron chi connectivity index (χ0n) is 13.4. The lowest BCUT2D eigenvalue weighted by Crippen LogP contribution is -2.41. The number of carbonyl (C=O) groups excluding carboxylic acids is 2. The van der Waals surface area contributed by atoms with Crippen LogP contribution in [0.4, 0.5) is 0 Å². The van der Waals surface area contributed by atoms with E-state index in [0.717, 1.165) is 12.8 Å². The van der Waals surface area contributed by atoms with E-state index >= 15 is 0 Å². The summed E-state index contributed by atoms with van der Waals surface area (Å²) < 4.78 is 0. The van der Waals surface area contributed by atoms with Crippen LogP contribution in [-0.4, -0.2) is 11.7 Å². The second-order valence-electron chi connectivity index (χ2n) is 6.16. The summed E-state index contributed by atoms with van der Waals surface area (Å²) in [5, 5.41) is 0. The number of allylic oxidation sites excluding steroid dienone is 1. The molecule has 2 N–H and O–H groups in total. The summed E-state index contributed by atoms with van der Waals surface area (Å²) in [5.41, 5.74) is 4.63. The van der Waals surface area contributed by atoms with Gasteiger partial charge in [-0.3, -0.25) is 9.59 Å². The van der Waals surface area contributed by atoms with Crippen molar-refractivity contribution < 1.29 is 9.59 Å². The monoisotopic (exact) mass is 281 g/mol. The van der Waals surface area contributed by atoms with Crippen LogP contribution in [0.15, 0.2) is 12.7 Å². The second kappa shape index (κ2) is 9.73. The van der Waals surface area contributed by atoms with Crippen LogP contribution in [0.1, 0.15) is 72.1 Å². The number of hydrogen-bond donors (Lipinski definition) is 1. The van der Waals surface area contributed by atoms with Crippen molar-refractivity contribution in [1.82, 2.24) is 0 Å². The molecule has 0 aromatic heterocycles. The van der Waals surface area contributed by atoms with Crippen molar-refractivity contribution in [2.75, 3.05) is 0 Å². The van der Waals surface area contributed by atoms with Gasteiger partial charge in [0.05, 0.1) is 5.41 Å². The Hall–Kier alpha value is -1.12. The molecule has 0 aromatic carbocycles. The van der Waals surface area contributed by atoms with Gasteiger partial charge in [-0.2, -0.15) is 0 Å². The fraction of sp³-hybridized carbons (Fsp3) is 0.765. The van der Waals surface area contributed by atoms with E-state index in [0.29, 0.717) is 6.42 Å². The van der Waals surface area contributed by atoms with Crippen LogP contribution in [0.3, 0.4) is 0 Å². The fourth-order valence-electron chi connectivity index (χ4n) is 2.48. The van der Waals surface area contributed by atoms with Crippen LogP contribution in [0.2, 0.25) is 0 Å². The van der Waals surface area contributed by atoms with Gasteiger partial charge < -0.3 is 5.73 Å². The molecule has 116 valence electrons. The van der Waals surface area contributed by atoms with Crippen molar-refractivity contribution in [3.05, 3.63) is 12.7 Å². The van der Waals surface area contributed by atoms with E-state index in [1.807, 2.05) is 0 Å². The summed E-state index contributed by atoms with van der Waals surface area (Å²) in [7, 11) is 0. The van der Waals surface area contributed by atoms with Gasteiger partial charge in [0, 0.05) is 5.92 Å². The van der Waals surface area contributed by atoms with E-state index in [4.69, 9.17) is 5.73 Å². The zero-order valence-corrected chi connectivity index (χ0v) is 13.4. The molecule has 0 aliphatic carbocycles. The number of unbranched alkanes of at least 4 members (excludes halogenated alkanes) is 6. The van der Waals surface area contributed by atoms with Gasteiger partial charge in [0.25, 0.3) is 0 Å². The van der Waals surface area contributed by atoms with E-state index in [9.17, 15) is 9.59 Å². The van der Waals surface area contributed by atoms with E-state index in [2.05, 4.69) is 13.5 Å². The third-order valence-corrected chi connectivity index (χ3v) is 4.15. The van der Waals surface area contributed by atoms with E-state index in [-0.39, 0.29) is 11.7 Å². The highest BCUT2D eigenvalue weighted by Crippen LogP contribution is 2.32. The fourth-order valence-corrected chi connectivity index (χ4v) is 2.48. The van der Waals surface area contributed by atoms with Crippen molar-refractivity contribution in [3.63, 3.8) is 0 Å². The number of carbonyl (C=O) groups is 2. The van der Waals surface area contributed by atoms with E-state index in [1.54, 1.807) is 13.8 Å². The lowest BCUT2D eigenvalue weighted by molar-refractivity contribution is -0.135. The number of rotatable bonds is 12. The molecule has 0 fully saturated rings. The molecule has 0 aliphatic heterocycles. The molecule has 20 heavy (non-hydrogen) atoms. The molecule has 0 aromatic rings. The number of primary amides is 1. The Kier molecular flexibility index (Phi) is 9.19. The molecule has 0 aliphatic rings. The highest BCUT2D eigenvalue weighted by Gasteiger charge is 2.38. The molecule has 0 saturated carbocycles. The number of nitrogens with two attached hydrogens (primary N) is 1. The average molecular weight is 281 g/mol. The molecule has 0 heterocycles. The van der Waals surface area contributed by atoms with Gasteiger partial charge in [0.1, 0.15) is 0 Å². The lowest BCUT2D eigenvalue weighted by atomic mass is 9.73. The van der Waals surface area contributed by atoms with Gasteiger partial charge in [0.15, 0.2) is 5.78 Å². The SMILES string of the molecule is C=CC(=O)C(CCCCCCCCC)C(C)(C)C(N)=O. The predicted octanol–water partition coefficient (Wildman–Crippen LogP) is 4.01. The topological polar surface area (TPSA) is 60.2 Å². The summed E-state index contributed by atoms with van der Waals surface area (Å²) in [6.07, 6.45) is 10.4. The number of ketones is 1. The van der Waals surface area contributed by atoms with Crippen molar-refractivity contribution in [3.8, 4) is 0 Å². The Morgan fingerprint density at radius 2 is 1.60 bits per heavy atom. The Morgan fingerprint density at radius 3 is 2.05 bits per heavy atom. The third kappa shape index (κ3) is 6.36. The van der Waals surface area contributed by atoms with Gasteiger partial charge in [-0.25, -0.2) is 0 Å². The van der Waals surface area contributed by atoms with Crippen LogP contribution in [-0.2, 0) is 9.59 Å². The van der Waals surface area contributed by atoms with Gasteiger partial charge in [-0.1, -0.05) is 72.3 Å². The molecule has 0 rings (SSSR count). The zero-order chi connectivity index (χ0) is 15.6. The van der Waals surface area contributed by atoms with Crippen LogP contribution in [0.25, 0.3) is 0 Å². The molecule has 1 amide bonds. The summed E-state index contributed by atoms with van der Waals surface area (Å²) in [5.74, 6) is -0.825. The number of hydrogen-bond acceptors (Lipinski definition) is 2. The first-order valence-electron chi connectivity index (χ1n) is 7.84. The molecular formula is C17H31NO2. The molecule has 1 unspecified atom stereocenters. The van der Waals surface area contributed by atoms with Gasteiger partial charge in [0.2, 0.25) is 5.91 Å². The van der Waals surface area contributed by atoms with Gasteiger partial charge in [-0.15, -0.1) is 0 Å². The summed E-state index contributed by atoms with van der Waals surface area (Å²) in [6.45, 7) is 9.24. The van der Waals surface area contributed by atoms with Crippen molar-refractivity contribution in [2.45, 2.75) is 72.1 Å². The Labute approximate surface area is 124 Å².